The maximum atomic E-state index is 12.4. The maximum absolute atomic E-state index is 12.4. The Morgan fingerprint density at radius 2 is 1.94 bits per heavy atom. The molecular weight excluding hydrogens is 228 g/mol. The van der Waals surface area contributed by atoms with Gasteiger partial charge in [0.2, 0.25) is 5.78 Å². The summed E-state index contributed by atoms with van der Waals surface area (Å²) in [6.07, 6.45) is 3.76. The minimum Gasteiger partial charge on any atom is -0.288 e. The van der Waals surface area contributed by atoms with E-state index in [1.807, 2.05) is 35.7 Å². The van der Waals surface area contributed by atoms with E-state index in [4.69, 9.17) is 0 Å². The van der Waals surface area contributed by atoms with E-state index in [0.29, 0.717) is 5.92 Å². The Kier molecular flexibility index (Phi) is 2.81. The van der Waals surface area contributed by atoms with E-state index in [2.05, 4.69) is 6.07 Å². The van der Waals surface area contributed by atoms with Gasteiger partial charge in [-0.05, 0) is 35.8 Å². The predicted molar refractivity (Wildman–Crippen MR) is 70.8 cm³/mol. The van der Waals surface area contributed by atoms with Gasteiger partial charge in [-0.3, -0.25) is 4.79 Å². The first-order valence-corrected chi connectivity index (χ1v) is 6.91. The molecule has 0 bridgehead atoms. The van der Waals surface area contributed by atoms with E-state index >= 15 is 0 Å². The minimum atomic E-state index is 0.183. The average molecular weight is 242 g/mol. The third-order valence-corrected chi connectivity index (χ3v) is 4.36. The van der Waals surface area contributed by atoms with Crippen molar-refractivity contribution in [3.63, 3.8) is 0 Å². The van der Waals surface area contributed by atoms with Crippen LogP contribution in [0.5, 0.6) is 0 Å². The van der Waals surface area contributed by atoms with Crippen LogP contribution in [-0.2, 0) is 0 Å². The van der Waals surface area contributed by atoms with Crippen molar-refractivity contribution in [3.05, 3.63) is 57.8 Å². The summed E-state index contributed by atoms with van der Waals surface area (Å²) in [7, 11) is 0. The van der Waals surface area contributed by atoms with Crippen molar-refractivity contribution in [1.82, 2.24) is 0 Å². The number of benzene rings is 1. The Balaban J connectivity index is 1.99. The summed E-state index contributed by atoms with van der Waals surface area (Å²) in [5.41, 5.74) is 2.15. The smallest absolute Gasteiger partial charge is 0.203 e. The molecule has 1 heterocycles. The molecule has 1 aromatic heterocycles. The second-order valence-electron chi connectivity index (χ2n) is 4.52. The van der Waals surface area contributed by atoms with Crippen LogP contribution in [0.25, 0.3) is 0 Å². The van der Waals surface area contributed by atoms with E-state index in [-0.39, 0.29) is 5.78 Å². The molecule has 17 heavy (non-hydrogen) atoms. The van der Waals surface area contributed by atoms with Crippen molar-refractivity contribution in [2.45, 2.75) is 25.2 Å². The Morgan fingerprint density at radius 1 is 1.12 bits per heavy atom. The summed E-state index contributed by atoms with van der Waals surface area (Å²) in [5.74, 6) is 0.789. The first kappa shape index (κ1) is 10.7. The zero-order valence-electron chi connectivity index (χ0n) is 9.56. The molecule has 1 fully saturated rings. The fourth-order valence-corrected chi connectivity index (χ4v) is 3.00. The van der Waals surface area contributed by atoms with Gasteiger partial charge in [0, 0.05) is 5.56 Å². The number of carbonyl (C=O) groups excluding carboxylic acids is 1. The van der Waals surface area contributed by atoms with Gasteiger partial charge in [0.05, 0.1) is 4.88 Å². The zero-order chi connectivity index (χ0) is 11.7. The lowest BCUT2D eigenvalue weighted by atomic mass is 9.77. The van der Waals surface area contributed by atoms with Gasteiger partial charge >= 0.3 is 0 Å². The zero-order valence-corrected chi connectivity index (χ0v) is 10.4. The summed E-state index contributed by atoms with van der Waals surface area (Å²) < 4.78 is 0. The first-order chi connectivity index (χ1) is 8.36. The third kappa shape index (κ3) is 1.93. The van der Waals surface area contributed by atoms with Crippen molar-refractivity contribution >= 4 is 17.1 Å². The van der Waals surface area contributed by atoms with Crippen LogP contribution in [-0.4, -0.2) is 5.78 Å². The van der Waals surface area contributed by atoms with Gasteiger partial charge in [-0.2, -0.15) is 0 Å². The van der Waals surface area contributed by atoms with Gasteiger partial charge in [-0.15, -0.1) is 11.3 Å². The molecule has 1 nitrogen and oxygen atoms in total. The Labute approximate surface area is 105 Å². The van der Waals surface area contributed by atoms with E-state index in [0.717, 1.165) is 10.4 Å². The van der Waals surface area contributed by atoms with Crippen LogP contribution < -0.4 is 0 Å². The largest absolute Gasteiger partial charge is 0.288 e. The van der Waals surface area contributed by atoms with Crippen molar-refractivity contribution in [1.29, 1.82) is 0 Å². The molecule has 0 N–H and O–H groups in total. The van der Waals surface area contributed by atoms with Crippen LogP contribution in [0, 0.1) is 0 Å². The third-order valence-electron chi connectivity index (χ3n) is 3.50. The van der Waals surface area contributed by atoms with Gasteiger partial charge in [-0.1, -0.05) is 36.8 Å². The standard InChI is InChI=1S/C15H14OS/c16-15(14-9-4-10-17-14)13-8-2-1-7-12(13)11-5-3-6-11/h1-2,4,7-11H,3,5-6H2. The minimum absolute atomic E-state index is 0.183. The van der Waals surface area contributed by atoms with E-state index in [1.54, 1.807) is 0 Å². The fraction of sp³-hybridized carbons (Fsp3) is 0.267. The molecule has 86 valence electrons. The summed E-state index contributed by atoms with van der Waals surface area (Å²) in [4.78, 5) is 13.2. The number of carbonyl (C=O) groups is 1. The van der Waals surface area contributed by atoms with Gasteiger partial charge < -0.3 is 0 Å². The summed E-state index contributed by atoms with van der Waals surface area (Å²) in [6, 6.07) is 11.9. The number of hydrogen-bond acceptors (Lipinski definition) is 2. The molecular formula is C15H14OS. The number of hydrogen-bond donors (Lipinski definition) is 0. The van der Waals surface area contributed by atoms with Crippen LogP contribution >= 0.6 is 11.3 Å². The van der Waals surface area contributed by atoms with E-state index in [1.165, 1.54) is 36.2 Å². The second kappa shape index (κ2) is 4.46. The Hall–Kier alpha value is -1.41. The molecule has 0 saturated heterocycles. The SMILES string of the molecule is O=C(c1cccs1)c1ccccc1C1CCC1. The van der Waals surface area contributed by atoms with Gasteiger partial charge in [0.25, 0.3) is 0 Å². The van der Waals surface area contributed by atoms with Crippen LogP contribution in [0.1, 0.15) is 46.0 Å². The fourth-order valence-electron chi connectivity index (χ4n) is 2.32. The lowest BCUT2D eigenvalue weighted by Gasteiger charge is -2.27. The molecule has 2 heteroatoms. The monoisotopic (exact) mass is 242 g/mol. The van der Waals surface area contributed by atoms with Gasteiger partial charge in [0.15, 0.2) is 0 Å². The van der Waals surface area contributed by atoms with Crippen LogP contribution in [0.4, 0.5) is 0 Å². The highest BCUT2D eigenvalue weighted by Gasteiger charge is 2.24. The van der Waals surface area contributed by atoms with Gasteiger partial charge in [0.1, 0.15) is 0 Å². The number of thiophene rings is 1. The van der Waals surface area contributed by atoms with Crippen molar-refractivity contribution in [2.24, 2.45) is 0 Å². The normalized spacial score (nSPS) is 15.5. The highest BCUT2D eigenvalue weighted by atomic mass is 32.1. The van der Waals surface area contributed by atoms with Crippen LogP contribution in [0.15, 0.2) is 41.8 Å². The molecule has 0 aliphatic heterocycles. The lowest BCUT2D eigenvalue weighted by molar-refractivity contribution is 0.104. The molecule has 0 amide bonds. The quantitative estimate of drug-likeness (QED) is 0.735. The molecule has 0 spiro atoms. The molecule has 0 unspecified atom stereocenters. The molecule has 0 atom stereocenters. The topological polar surface area (TPSA) is 17.1 Å². The molecule has 0 radical (unpaired) electrons. The summed E-state index contributed by atoms with van der Waals surface area (Å²) in [6.45, 7) is 0. The molecule has 1 aliphatic rings. The average Bonchev–Trinajstić information content (AvgIpc) is 2.80. The number of ketones is 1. The lowest BCUT2D eigenvalue weighted by Crippen LogP contribution is -2.13. The van der Waals surface area contributed by atoms with Crippen molar-refractivity contribution in [2.75, 3.05) is 0 Å². The highest BCUT2D eigenvalue weighted by molar-refractivity contribution is 7.12. The summed E-state index contributed by atoms with van der Waals surface area (Å²) in [5, 5.41) is 1.96. The van der Waals surface area contributed by atoms with Crippen LogP contribution in [0.3, 0.4) is 0 Å². The van der Waals surface area contributed by atoms with Gasteiger partial charge in [-0.25, -0.2) is 0 Å². The molecule has 2 aromatic rings. The second-order valence-corrected chi connectivity index (χ2v) is 5.47. The molecule has 3 rings (SSSR count). The molecule has 1 aliphatic carbocycles. The molecule has 1 aromatic carbocycles. The highest BCUT2D eigenvalue weighted by Crippen LogP contribution is 2.38. The van der Waals surface area contributed by atoms with Crippen molar-refractivity contribution in [3.8, 4) is 0 Å². The Morgan fingerprint density at radius 3 is 2.59 bits per heavy atom. The predicted octanol–water partition coefficient (Wildman–Crippen LogP) is 4.25. The maximum Gasteiger partial charge on any atom is 0.203 e. The Bertz CT molecular complexity index is 524. The van der Waals surface area contributed by atoms with Crippen LogP contribution in [0.2, 0.25) is 0 Å². The first-order valence-electron chi connectivity index (χ1n) is 6.03. The van der Waals surface area contributed by atoms with E-state index < -0.39 is 0 Å². The van der Waals surface area contributed by atoms with Crippen molar-refractivity contribution < 1.29 is 4.79 Å². The van der Waals surface area contributed by atoms with E-state index in [9.17, 15) is 4.79 Å². The summed E-state index contributed by atoms with van der Waals surface area (Å²) >= 11 is 1.52. The number of rotatable bonds is 3. The molecule has 1 saturated carbocycles.